The number of benzene rings is 6. The van der Waals surface area contributed by atoms with Crippen molar-refractivity contribution < 1.29 is 0 Å². The summed E-state index contributed by atoms with van der Waals surface area (Å²) in [5.74, 6) is 1.37. The van der Waals surface area contributed by atoms with Crippen LogP contribution in [0.4, 0.5) is 0 Å². The molecule has 8 rings (SSSR count). The number of rotatable bonds is 4. The second-order valence-electron chi connectivity index (χ2n) is 10.3. The molecule has 0 atom stereocenters. The number of fused-ring (bicyclic) bond motifs is 4. The molecule has 0 amide bonds. The summed E-state index contributed by atoms with van der Waals surface area (Å²) in [5, 5.41) is 4.17. The van der Waals surface area contributed by atoms with Gasteiger partial charge in [0.15, 0.2) is 11.6 Å². The van der Waals surface area contributed by atoms with E-state index in [2.05, 4.69) is 115 Å². The van der Waals surface area contributed by atoms with Gasteiger partial charge in [-0.05, 0) is 34.0 Å². The minimum atomic E-state index is 0.673. The lowest BCUT2D eigenvalue weighted by molar-refractivity contribution is 1.21. The van der Waals surface area contributed by atoms with Crippen molar-refractivity contribution in [2.75, 3.05) is 0 Å². The molecule has 2 aromatic heterocycles. The molecule has 0 aliphatic carbocycles. The SMILES string of the molecule is c1ccc(-c2ccc(-c3nc(-c4ccccc4)c4ccc5nc(-c6cccc7ccccc67)ncc5c4n3)cc2)cc1. The zero-order chi connectivity index (χ0) is 27.9. The Kier molecular flexibility index (Phi) is 5.75. The van der Waals surface area contributed by atoms with Crippen molar-refractivity contribution in [3.8, 4) is 45.2 Å². The summed E-state index contributed by atoms with van der Waals surface area (Å²) < 4.78 is 0. The average molecular weight is 537 g/mol. The van der Waals surface area contributed by atoms with Crippen LogP contribution in [-0.2, 0) is 0 Å². The van der Waals surface area contributed by atoms with Gasteiger partial charge >= 0.3 is 0 Å². The summed E-state index contributed by atoms with van der Waals surface area (Å²) in [4.78, 5) is 20.1. The maximum Gasteiger partial charge on any atom is 0.160 e. The van der Waals surface area contributed by atoms with Gasteiger partial charge in [0, 0.05) is 33.7 Å². The van der Waals surface area contributed by atoms with Crippen LogP contribution < -0.4 is 0 Å². The highest BCUT2D eigenvalue weighted by molar-refractivity contribution is 6.09. The van der Waals surface area contributed by atoms with E-state index in [1.807, 2.05) is 30.5 Å². The highest BCUT2D eigenvalue weighted by Crippen LogP contribution is 2.34. The first-order valence-corrected chi connectivity index (χ1v) is 14.0. The molecule has 0 aliphatic rings. The number of aromatic nitrogens is 4. The molecule has 0 aliphatic heterocycles. The van der Waals surface area contributed by atoms with E-state index >= 15 is 0 Å². The maximum absolute atomic E-state index is 5.12. The highest BCUT2D eigenvalue weighted by Gasteiger charge is 2.16. The van der Waals surface area contributed by atoms with Crippen LogP contribution in [0.15, 0.2) is 146 Å². The standard InChI is InChI=1S/C38H24N4/c1-3-10-25(11-4-1)26-18-20-29(21-19-26)37-41-35(28-13-5-2-6-14-28)32-22-23-34-33(36(32)42-37)24-39-38(40-34)31-17-9-15-27-12-7-8-16-30(27)31/h1-24H. The molecule has 0 N–H and O–H groups in total. The van der Waals surface area contributed by atoms with Gasteiger partial charge in [-0.15, -0.1) is 0 Å². The third-order valence-corrected chi connectivity index (χ3v) is 7.75. The predicted octanol–water partition coefficient (Wildman–Crippen LogP) is 9.39. The smallest absolute Gasteiger partial charge is 0.160 e. The number of nitrogens with zero attached hydrogens (tertiary/aromatic N) is 4. The quantitative estimate of drug-likeness (QED) is 0.210. The lowest BCUT2D eigenvalue weighted by Gasteiger charge is -2.12. The Morgan fingerprint density at radius 2 is 1.05 bits per heavy atom. The Hall–Kier alpha value is -5.74. The Bertz CT molecular complexity index is 2220. The van der Waals surface area contributed by atoms with Crippen LogP contribution in [0.2, 0.25) is 0 Å². The second-order valence-corrected chi connectivity index (χ2v) is 10.3. The Labute approximate surface area is 243 Å². The molecular formula is C38H24N4. The Morgan fingerprint density at radius 3 is 1.86 bits per heavy atom. The molecule has 0 radical (unpaired) electrons. The van der Waals surface area contributed by atoms with Gasteiger partial charge in [0.05, 0.1) is 16.7 Å². The third kappa shape index (κ3) is 4.18. The van der Waals surface area contributed by atoms with Gasteiger partial charge < -0.3 is 0 Å². The first-order chi connectivity index (χ1) is 20.8. The van der Waals surface area contributed by atoms with Gasteiger partial charge in [-0.2, -0.15) is 0 Å². The van der Waals surface area contributed by atoms with E-state index in [1.54, 1.807) is 0 Å². The summed E-state index contributed by atoms with van der Waals surface area (Å²) in [5.41, 5.74) is 7.93. The highest BCUT2D eigenvalue weighted by atomic mass is 14.9. The third-order valence-electron chi connectivity index (χ3n) is 7.75. The molecule has 4 nitrogen and oxygen atoms in total. The van der Waals surface area contributed by atoms with Crippen molar-refractivity contribution in [1.29, 1.82) is 0 Å². The van der Waals surface area contributed by atoms with E-state index in [-0.39, 0.29) is 0 Å². The van der Waals surface area contributed by atoms with Crippen LogP contribution in [0.5, 0.6) is 0 Å². The van der Waals surface area contributed by atoms with Crippen LogP contribution in [0.3, 0.4) is 0 Å². The summed E-state index contributed by atoms with van der Waals surface area (Å²) in [6.07, 6.45) is 1.91. The number of hydrogen-bond donors (Lipinski definition) is 0. The van der Waals surface area contributed by atoms with Crippen molar-refractivity contribution in [1.82, 2.24) is 19.9 Å². The minimum Gasteiger partial charge on any atom is -0.236 e. The van der Waals surface area contributed by atoms with Crippen LogP contribution in [0.1, 0.15) is 0 Å². The molecule has 4 heteroatoms. The minimum absolute atomic E-state index is 0.673. The fraction of sp³-hybridized carbons (Fsp3) is 0. The molecule has 0 fully saturated rings. The van der Waals surface area contributed by atoms with Gasteiger partial charge in [-0.25, -0.2) is 19.9 Å². The molecule has 2 heterocycles. The lowest BCUT2D eigenvalue weighted by Crippen LogP contribution is -1.98. The molecule has 0 spiro atoms. The molecule has 6 aromatic carbocycles. The van der Waals surface area contributed by atoms with Crippen molar-refractivity contribution >= 4 is 32.6 Å². The maximum atomic E-state index is 5.12. The topological polar surface area (TPSA) is 51.6 Å². The molecule has 8 aromatic rings. The molecule has 0 saturated carbocycles. The lowest BCUT2D eigenvalue weighted by atomic mass is 10.0. The van der Waals surface area contributed by atoms with Gasteiger partial charge in [-0.3, -0.25) is 0 Å². The van der Waals surface area contributed by atoms with E-state index in [0.717, 1.165) is 55.1 Å². The van der Waals surface area contributed by atoms with E-state index < -0.39 is 0 Å². The summed E-state index contributed by atoms with van der Waals surface area (Å²) in [6, 6.07) is 47.8. The van der Waals surface area contributed by atoms with Crippen molar-refractivity contribution in [2.24, 2.45) is 0 Å². The van der Waals surface area contributed by atoms with E-state index in [9.17, 15) is 0 Å². The Balaban J connectivity index is 1.32. The fourth-order valence-electron chi connectivity index (χ4n) is 5.64. The zero-order valence-corrected chi connectivity index (χ0v) is 22.6. The largest absolute Gasteiger partial charge is 0.236 e. The fourth-order valence-corrected chi connectivity index (χ4v) is 5.64. The second kappa shape index (κ2) is 10.0. The summed E-state index contributed by atoms with van der Waals surface area (Å²) >= 11 is 0. The van der Waals surface area contributed by atoms with Gasteiger partial charge in [0.2, 0.25) is 0 Å². The van der Waals surface area contributed by atoms with E-state index in [1.165, 1.54) is 10.9 Å². The van der Waals surface area contributed by atoms with Crippen molar-refractivity contribution in [2.45, 2.75) is 0 Å². The molecule has 0 saturated heterocycles. The summed E-state index contributed by atoms with van der Waals surface area (Å²) in [6.45, 7) is 0. The molecule has 0 bridgehead atoms. The number of hydrogen-bond acceptors (Lipinski definition) is 4. The van der Waals surface area contributed by atoms with Gasteiger partial charge in [-0.1, -0.05) is 127 Å². The first-order valence-electron chi connectivity index (χ1n) is 14.0. The van der Waals surface area contributed by atoms with Crippen LogP contribution in [-0.4, -0.2) is 19.9 Å². The van der Waals surface area contributed by atoms with Crippen LogP contribution in [0.25, 0.3) is 77.7 Å². The summed E-state index contributed by atoms with van der Waals surface area (Å²) in [7, 11) is 0. The first kappa shape index (κ1) is 24.1. The Morgan fingerprint density at radius 1 is 0.381 bits per heavy atom. The predicted molar refractivity (Wildman–Crippen MR) is 172 cm³/mol. The zero-order valence-electron chi connectivity index (χ0n) is 22.6. The van der Waals surface area contributed by atoms with Crippen LogP contribution >= 0.6 is 0 Å². The average Bonchev–Trinajstić information content (AvgIpc) is 3.08. The molecule has 196 valence electrons. The molecular weight excluding hydrogens is 512 g/mol. The van der Waals surface area contributed by atoms with E-state index in [4.69, 9.17) is 19.9 Å². The normalized spacial score (nSPS) is 11.3. The molecule has 42 heavy (non-hydrogen) atoms. The van der Waals surface area contributed by atoms with Gasteiger partial charge in [0.1, 0.15) is 0 Å². The van der Waals surface area contributed by atoms with Crippen LogP contribution in [0, 0.1) is 0 Å². The van der Waals surface area contributed by atoms with Gasteiger partial charge in [0.25, 0.3) is 0 Å². The van der Waals surface area contributed by atoms with Crippen molar-refractivity contribution in [3.05, 3.63) is 146 Å². The molecule has 0 unspecified atom stereocenters. The monoisotopic (exact) mass is 536 g/mol. The van der Waals surface area contributed by atoms with Crippen molar-refractivity contribution in [3.63, 3.8) is 0 Å². The van der Waals surface area contributed by atoms with E-state index in [0.29, 0.717) is 11.6 Å².